The molecule has 1 aromatic heterocycles. The molecule has 5 N–H and O–H groups in total. The zero-order valence-electron chi connectivity index (χ0n) is 13.8. The Morgan fingerprint density at radius 2 is 1.73 bits per heavy atom. The van der Waals surface area contributed by atoms with Gasteiger partial charge in [0.1, 0.15) is 12.0 Å². The maximum Gasteiger partial charge on any atom is 0.169 e. The predicted octanol–water partition coefficient (Wildman–Crippen LogP) is 3.13. The Morgan fingerprint density at radius 3 is 2.36 bits per heavy atom. The third-order valence-electron chi connectivity index (χ3n) is 3.07. The molecule has 6 heteroatoms. The van der Waals surface area contributed by atoms with Gasteiger partial charge in [-0.05, 0) is 46.2 Å². The molecule has 1 heterocycles. The fourth-order valence-electron chi connectivity index (χ4n) is 1.92. The van der Waals surface area contributed by atoms with E-state index < -0.39 is 0 Å². The minimum atomic E-state index is -0.0987. The molecule has 118 valence electrons. The second-order valence-electron chi connectivity index (χ2n) is 6.43. The van der Waals surface area contributed by atoms with Gasteiger partial charge >= 0.3 is 0 Å². The SMILES string of the molecule is Cc1ccc(Nc2ncnc(NNC(C)(C)C)c2N)c(C)c1. The van der Waals surface area contributed by atoms with E-state index in [2.05, 4.69) is 39.1 Å². The van der Waals surface area contributed by atoms with Crippen LogP contribution in [0.4, 0.5) is 23.0 Å². The summed E-state index contributed by atoms with van der Waals surface area (Å²) in [6, 6.07) is 6.18. The van der Waals surface area contributed by atoms with Gasteiger partial charge < -0.3 is 16.5 Å². The number of aryl methyl sites for hydroxylation is 2. The third-order valence-corrected chi connectivity index (χ3v) is 3.07. The van der Waals surface area contributed by atoms with Crippen molar-refractivity contribution in [2.45, 2.75) is 40.2 Å². The minimum Gasteiger partial charge on any atom is -0.393 e. The summed E-state index contributed by atoms with van der Waals surface area (Å²) in [5.41, 5.74) is 16.0. The lowest BCUT2D eigenvalue weighted by Gasteiger charge is -2.22. The van der Waals surface area contributed by atoms with E-state index in [0.29, 0.717) is 17.3 Å². The van der Waals surface area contributed by atoms with E-state index in [1.54, 1.807) is 0 Å². The second kappa shape index (κ2) is 6.19. The van der Waals surface area contributed by atoms with Crippen LogP contribution >= 0.6 is 0 Å². The van der Waals surface area contributed by atoms with Gasteiger partial charge in [-0.3, -0.25) is 0 Å². The van der Waals surface area contributed by atoms with Gasteiger partial charge in [-0.1, -0.05) is 17.7 Å². The monoisotopic (exact) mass is 300 g/mol. The first-order chi connectivity index (χ1) is 10.3. The molecular weight excluding hydrogens is 276 g/mol. The fourth-order valence-corrected chi connectivity index (χ4v) is 1.92. The Kier molecular flexibility index (Phi) is 4.51. The summed E-state index contributed by atoms with van der Waals surface area (Å²) in [5, 5.41) is 3.26. The van der Waals surface area contributed by atoms with E-state index in [0.717, 1.165) is 11.3 Å². The maximum atomic E-state index is 6.15. The normalized spacial score (nSPS) is 11.3. The number of benzene rings is 1. The van der Waals surface area contributed by atoms with Gasteiger partial charge in [-0.2, -0.15) is 0 Å². The van der Waals surface area contributed by atoms with Crippen LogP contribution in [0.5, 0.6) is 0 Å². The Hall–Kier alpha value is -2.34. The lowest BCUT2D eigenvalue weighted by molar-refractivity contribution is 0.464. The Bertz CT molecular complexity index is 660. The molecule has 0 radical (unpaired) electrons. The molecule has 0 fully saturated rings. The molecule has 2 aromatic rings. The smallest absolute Gasteiger partial charge is 0.169 e. The molecule has 0 amide bonds. The zero-order chi connectivity index (χ0) is 16.3. The Labute approximate surface area is 131 Å². The van der Waals surface area contributed by atoms with Crippen LogP contribution in [-0.4, -0.2) is 15.5 Å². The summed E-state index contributed by atoms with van der Waals surface area (Å²) in [4.78, 5) is 8.40. The number of aromatic nitrogens is 2. The molecule has 6 nitrogen and oxygen atoms in total. The van der Waals surface area contributed by atoms with Gasteiger partial charge in [-0.25, -0.2) is 15.4 Å². The first-order valence-corrected chi connectivity index (χ1v) is 7.24. The summed E-state index contributed by atoms with van der Waals surface area (Å²) in [6.07, 6.45) is 1.48. The van der Waals surface area contributed by atoms with Crippen LogP contribution in [0.3, 0.4) is 0 Å². The molecular formula is C16H24N6. The summed E-state index contributed by atoms with van der Waals surface area (Å²) < 4.78 is 0. The lowest BCUT2D eigenvalue weighted by Crippen LogP contribution is -2.40. The first kappa shape index (κ1) is 16.0. The number of nitrogens with zero attached hydrogens (tertiary/aromatic N) is 2. The van der Waals surface area contributed by atoms with Crippen LogP contribution < -0.4 is 21.9 Å². The van der Waals surface area contributed by atoms with Gasteiger partial charge in [-0.15, -0.1) is 0 Å². The Balaban J connectivity index is 2.21. The average Bonchev–Trinajstić information content (AvgIpc) is 2.41. The highest BCUT2D eigenvalue weighted by molar-refractivity contribution is 5.78. The number of hydrogen-bond acceptors (Lipinski definition) is 6. The van der Waals surface area contributed by atoms with Gasteiger partial charge in [0.25, 0.3) is 0 Å². The van der Waals surface area contributed by atoms with Crippen molar-refractivity contribution in [2.24, 2.45) is 0 Å². The fraction of sp³-hybridized carbons (Fsp3) is 0.375. The van der Waals surface area contributed by atoms with Crippen LogP contribution in [0.25, 0.3) is 0 Å². The maximum absolute atomic E-state index is 6.15. The van der Waals surface area contributed by atoms with Crippen LogP contribution in [0.15, 0.2) is 24.5 Å². The van der Waals surface area contributed by atoms with E-state index in [9.17, 15) is 0 Å². The number of hydrogen-bond donors (Lipinski definition) is 4. The average molecular weight is 300 g/mol. The molecule has 22 heavy (non-hydrogen) atoms. The Morgan fingerprint density at radius 1 is 1.05 bits per heavy atom. The molecule has 0 saturated heterocycles. The van der Waals surface area contributed by atoms with Crippen LogP contribution in [0.1, 0.15) is 31.9 Å². The highest BCUT2D eigenvalue weighted by atomic mass is 15.4. The quantitative estimate of drug-likeness (QED) is 0.649. The number of hydrazine groups is 1. The van der Waals surface area contributed by atoms with E-state index in [-0.39, 0.29) is 5.54 Å². The van der Waals surface area contributed by atoms with Crippen LogP contribution in [-0.2, 0) is 0 Å². The number of nitrogens with one attached hydrogen (secondary N) is 3. The van der Waals surface area contributed by atoms with E-state index in [4.69, 9.17) is 5.73 Å². The highest BCUT2D eigenvalue weighted by Gasteiger charge is 2.13. The zero-order valence-corrected chi connectivity index (χ0v) is 13.8. The molecule has 0 saturated carbocycles. The summed E-state index contributed by atoms with van der Waals surface area (Å²) in [7, 11) is 0. The third kappa shape index (κ3) is 4.08. The predicted molar refractivity (Wildman–Crippen MR) is 92.2 cm³/mol. The van der Waals surface area contributed by atoms with Gasteiger partial charge in [0, 0.05) is 11.2 Å². The van der Waals surface area contributed by atoms with E-state index in [1.165, 1.54) is 11.9 Å². The second-order valence-corrected chi connectivity index (χ2v) is 6.43. The van der Waals surface area contributed by atoms with Gasteiger partial charge in [0.05, 0.1) is 0 Å². The first-order valence-electron chi connectivity index (χ1n) is 7.24. The van der Waals surface area contributed by atoms with Crippen molar-refractivity contribution >= 4 is 23.0 Å². The summed E-state index contributed by atoms with van der Waals surface area (Å²) >= 11 is 0. The number of nitrogen functional groups attached to an aromatic ring is 1. The molecule has 0 aliphatic rings. The van der Waals surface area contributed by atoms with Gasteiger partial charge in [0.15, 0.2) is 11.6 Å². The molecule has 0 bridgehead atoms. The van der Waals surface area contributed by atoms with Crippen molar-refractivity contribution in [1.82, 2.24) is 15.4 Å². The standard InChI is InChI=1S/C16H24N6/c1-10-6-7-12(11(2)8-10)20-14-13(17)15(19-9-18-14)21-22-16(3,4)5/h6-9,22H,17H2,1-5H3,(H2,18,19,20,21). The highest BCUT2D eigenvalue weighted by Crippen LogP contribution is 2.27. The van der Waals surface area contributed by atoms with Crippen LogP contribution in [0, 0.1) is 13.8 Å². The molecule has 0 aliphatic carbocycles. The van der Waals surface area contributed by atoms with E-state index >= 15 is 0 Å². The number of rotatable bonds is 4. The van der Waals surface area contributed by atoms with Crippen molar-refractivity contribution in [3.8, 4) is 0 Å². The van der Waals surface area contributed by atoms with Crippen molar-refractivity contribution in [1.29, 1.82) is 0 Å². The topological polar surface area (TPSA) is 87.9 Å². The van der Waals surface area contributed by atoms with Crippen LogP contribution in [0.2, 0.25) is 0 Å². The van der Waals surface area contributed by atoms with Crippen molar-refractivity contribution < 1.29 is 0 Å². The summed E-state index contributed by atoms with van der Waals surface area (Å²) in [6.45, 7) is 10.3. The van der Waals surface area contributed by atoms with Crippen molar-refractivity contribution in [2.75, 3.05) is 16.5 Å². The summed E-state index contributed by atoms with van der Waals surface area (Å²) in [5.74, 6) is 1.14. The minimum absolute atomic E-state index is 0.0987. The molecule has 0 spiro atoms. The molecule has 2 rings (SSSR count). The lowest BCUT2D eigenvalue weighted by atomic mass is 10.1. The number of nitrogens with two attached hydrogens (primary N) is 1. The number of anilines is 4. The molecule has 0 aliphatic heterocycles. The van der Waals surface area contributed by atoms with Gasteiger partial charge in [0.2, 0.25) is 0 Å². The van der Waals surface area contributed by atoms with Crippen molar-refractivity contribution in [3.63, 3.8) is 0 Å². The molecule has 0 atom stereocenters. The molecule has 0 unspecified atom stereocenters. The van der Waals surface area contributed by atoms with Crippen molar-refractivity contribution in [3.05, 3.63) is 35.7 Å². The molecule has 1 aromatic carbocycles. The van der Waals surface area contributed by atoms with E-state index in [1.807, 2.05) is 39.8 Å². The largest absolute Gasteiger partial charge is 0.393 e.